The van der Waals surface area contributed by atoms with Gasteiger partial charge in [-0.25, -0.2) is 0 Å². The lowest BCUT2D eigenvalue weighted by atomic mass is 9.50. The Hall–Kier alpha value is -0.890. The average molecular weight is 256 g/mol. The summed E-state index contributed by atoms with van der Waals surface area (Å²) >= 11 is 0. The van der Waals surface area contributed by atoms with Crippen molar-refractivity contribution in [1.29, 1.82) is 0 Å². The quantitative estimate of drug-likeness (QED) is 0.902. The van der Waals surface area contributed by atoms with Crippen LogP contribution in [0.4, 0.5) is 0 Å². The van der Waals surface area contributed by atoms with Crippen LogP contribution in [0.15, 0.2) is 18.3 Å². The Morgan fingerprint density at radius 1 is 1.05 bits per heavy atom. The van der Waals surface area contributed by atoms with E-state index in [4.69, 9.17) is 5.73 Å². The second kappa shape index (κ2) is 4.59. The van der Waals surface area contributed by atoms with Gasteiger partial charge in [-0.05, 0) is 79.9 Å². The summed E-state index contributed by atoms with van der Waals surface area (Å²) in [4.78, 5) is 4.62. The Morgan fingerprint density at radius 2 is 1.74 bits per heavy atom. The van der Waals surface area contributed by atoms with Gasteiger partial charge in [0.2, 0.25) is 0 Å². The van der Waals surface area contributed by atoms with Gasteiger partial charge in [0.15, 0.2) is 0 Å². The summed E-state index contributed by atoms with van der Waals surface area (Å²) < 4.78 is 0. The highest BCUT2D eigenvalue weighted by Crippen LogP contribution is 2.59. The molecule has 0 amide bonds. The maximum Gasteiger partial charge on any atom is 0.0451 e. The topological polar surface area (TPSA) is 38.9 Å². The SMILES string of the molecule is NCCc1ncccc1C1C2CC3CC(C2)CC1C3. The first-order valence-corrected chi connectivity index (χ1v) is 7.99. The Kier molecular flexibility index (Phi) is 2.87. The first-order valence-electron chi connectivity index (χ1n) is 7.99. The van der Waals surface area contributed by atoms with Crippen LogP contribution in [0.5, 0.6) is 0 Å². The fraction of sp³-hybridized carbons (Fsp3) is 0.706. The van der Waals surface area contributed by atoms with E-state index in [1.165, 1.54) is 37.8 Å². The first kappa shape index (κ1) is 11.9. The number of aromatic nitrogens is 1. The van der Waals surface area contributed by atoms with Crippen LogP contribution in [0.2, 0.25) is 0 Å². The van der Waals surface area contributed by atoms with Crippen molar-refractivity contribution < 1.29 is 0 Å². The van der Waals surface area contributed by atoms with E-state index < -0.39 is 0 Å². The van der Waals surface area contributed by atoms with Crippen molar-refractivity contribution in [3.8, 4) is 0 Å². The molecule has 4 fully saturated rings. The van der Waals surface area contributed by atoms with Crippen LogP contribution in [0, 0.1) is 23.7 Å². The van der Waals surface area contributed by atoms with Gasteiger partial charge >= 0.3 is 0 Å². The molecule has 0 radical (unpaired) electrons. The normalized spacial score (nSPS) is 39.7. The standard InChI is InChI=1S/C17H24N2/c18-4-3-16-15(2-1-5-19-16)17-13-7-11-6-12(9-13)10-14(17)8-11/h1-2,5,11-14,17H,3-4,6-10,18H2. The molecule has 4 aliphatic carbocycles. The summed E-state index contributed by atoms with van der Waals surface area (Å²) in [5, 5.41) is 0. The van der Waals surface area contributed by atoms with E-state index in [0.717, 1.165) is 42.6 Å². The Labute approximate surface area is 115 Å². The third kappa shape index (κ3) is 1.92. The fourth-order valence-electron chi connectivity index (χ4n) is 5.53. The van der Waals surface area contributed by atoms with E-state index in [0.29, 0.717) is 0 Å². The van der Waals surface area contributed by atoms with Crippen LogP contribution in [-0.2, 0) is 6.42 Å². The number of hydrogen-bond donors (Lipinski definition) is 1. The number of nitrogens with two attached hydrogens (primary N) is 1. The molecule has 19 heavy (non-hydrogen) atoms. The second-order valence-corrected chi connectivity index (χ2v) is 7.03. The Morgan fingerprint density at radius 3 is 2.37 bits per heavy atom. The first-order chi connectivity index (χ1) is 9.35. The van der Waals surface area contributed by atoms with E-state index in [1.54, 1.807) is 5.56 Å². The molecule has 0 aliphatic heterocycles. The zero-order valence-electron chi connectivity index (χ0n) is 11.6. The average Bonchev–Trinajstić information content (AvgIpc) is 2.39. The van der Waals surface area contributed by atoms with Crippen LogP contribution < -0.4 is 5.73 Å². The molecule has 0 saturated heterocycles. The summed E-state index contributed by atoms with van der Waals surface area (Å²) in [7, 11) is 0. The van der Waals surface area contributed by atoms with Gasteiger partial charge in [0, 0.05) is 18.3 Å². The van der Waals surface area contributed by atoms with Crippen LogP contribution in [0.3, 0.4) is 0 Å². The molecule has 0 aromatic carbocycles. The molecule has 1 aromatic heterocycles. The van der Waals surface area contributed by atoms with E-state index in [9.17, 15) is 0 Å². The lowest BCUT2D eigenvalue weighted by Crippen LogP contribution is -2.44. The molecular formula is C17H24N2. The molecule has 2 N–H and O–H groups in total. The van der Waals surface area contributed by atoms with Crippen molar-refractivity contribution in [1.82, 2.24) is 4.98 Å². The van der Waals surface area contributed by atoms with Crippen molar-refractivity contribution in [2.45, 2.75) is 44.4 Å². The fourth-order valence-corrected chi connectivity index (χ4v) is 5.53. The van der Waals surface area contributed by atoms with Gasteiger partial charge in [0.05, 0.1) is 0 Å². The highest BCUT2D eigenvalue weighted by Gasteiger charge is 2.48. The van der Waals surface area contributed by atoms with E-state index in [-0.39, 0.29) is 0 Å². The van der Waals surface area contributed by atoms with E-state index in [2.05, 4.69) is 17.1 Å². The summed E-state index contributed by atoms with van der Waals surface area (Å²) in [5.41, 5.74) is 8.59. The van der Waals surface area contributed by atoms with Crippen molar-refractivity contribution in [3.63, 3.8) is 0 Å². The van der Waals surface area contributed by atoms with Crippen molar-refractivity contribution in [2.24, 2.45) is 29.4 Å². The molecule has 0 spiro atoms. The minimum Gasteiger partial charge on any atom is -0.330 e. The van der Waals surface area contributed by atoms with Gasteiger partial charge in [0.1, 0.15) is 0 Å². The molecule has 4 saturated carbocycles. The van der Waals surface area contributed by atoms with Crippen LogP contribution in [0.25, 0.3) is 0 Å². The van der Waals surface area contributed by atoms with Crippen molar-refractivity contribution >= 4 is 0 Å². The highest BCUT2D eigenvalue weighted by atomic mass is 14.7. The van der Waals surface area contributed by atoms with Gasteiger partial charge in [-0.15, -0.1) is 0 Å². The molecule has 4 bridgehead atoms. The Bertz CT molecular complexity index is 440. The zero-order chi connectivity index (χ0) is 12.8. The minimum absolute atomic E-state index is 0.720. The Balaban J connectivity index is 1.69. The number of hydrogen-bond acceptors (Lipinski definition) is 2. The number of rotatable bonds is 3. The smallest absolute Gasteiger partial charge is 0.0451 e. The van der Waals surface area contributed by atoms with E-state index in [1.807, 2.05) is 6.20 Å². The molecule has 0 unspecified atom stereocenters. The minimum atomic E-state index is 0.720. The monoisotopic (exact) mass is 256 g/mol. The van der Waals surface area contributed by atoms with Gasteiger partial charge in [0.25, 0.3) is 0 Å². The molecule has 1 heterocycles. The van der Waals surface area contributed by atoms with Crippen molar-refractivity contribution in [3.05, 3.63) is 29.6 Å². The van der Waals surface area contributed by atoms with Crippen LogP contribution in [0.1, 0.15) is 49.3 Å². The van der Waals surface area contributed by atoms with Crippen molar-refractivity contribution in [2.75, 3.05) is 6.54 Å². The summed E-state index contributed by atoms with van der Waals surface area (Å²) in [5.74, 6) is 4.78. The third-order valence-corrected chi connectivity index (χ3v) is 5.89. The molecule has 5 rings (SSSR count). The van der Waals surface area contributed by atoms with Gasteiger partial charge in [-0.2, -0.15) is 0 Å². The molecular weight excluding hydrogens is 232 g/mol. The summed E-state index contributed by atoms with van der Waals surface area (Å²) in [6.07, 6.45) is 10.3. The number of pyridine rings is 1. The summed E-state index contributed by atoms with van der Waals surface area (Å²) in [6, 6.07) is 4.46. The van der Waals surface area contributed by atoms with Crippen LogP contribution >= 0.6 is 0 Å². The maximum atomic E-state index is 5.76. The summed E-state index contributed by atoms with van der Waals surface area (Å²) in [6.45, 7) is 0.720. The predicted molar refractivity (Wildman–Crippen MR) is 76.8 cm³/mol. The molecule has 0 atom stereocenters. The van der Waals surface area contributed by atoms with Gasteiger partial charge < -0.3 is 5.73 Å². The second-order valence-electron chi connectivity index (χ2n) is 7.03. The lowest BCUT2D eigenvalue weighted by molar-refractivity contribution is -0.00318. The highest BCUT2D eigenvalue weighted by molar-refractivity contribution is 5.28. The molecule has 2 nitrogen and oxygen atoms in total. The van der Waals surface area contributed by atoms with Gasteiger partial charge in [-0.1, -0.05) is 6.07 Å². The molecule has 1 aromatic rings. The predicted octanol–water partition coefficient (Wildman–Crippen LogP) is 3.12. The molecule has 102 valence electrons. The maximum absolute atomic E-state index is 5.76. The van der Waals surface area contributed by atoms with Crippen LogP contribution in [-0.4, -0.2) is 11.5 Å². The largest absolute Gasteiger partial charge is 0.330 e. The zero-order valence-corrected chi connectivity index (χ0v) is 11.6. The molecule has 4 aliphatic rings. The van der Waals surface area contributed by atoms with E-state index >= 15 is 0 Å². The molecule has 2 heteroatoms. The van der Waals surface area contributed by atoms with Gasteiger partial charge in [-0.3, -0.25) is 4.98 Å². The number of nitrogens with zero attached hydrogens (tertiary/aromatic N) is 1. The lowest BCUT2D eigenvalue weighted by Gasteiger charge is -2.54. The third-order valence-electron chi connectivity index (χ3n) is 5.89.